The van der Waals surface area contributed by atoms with Gasteiger partial charge in [-0.25, -0.2) is 0 Å². The highest BCUT2D eigenvalue weighted by Gasteiger charge is 2.15. The van der Waals surface area contributed by atoms with Gasteiger partial charge in [-0.2, -0.15) is 0 Å². The molecule has 0 aliphatic carbocycles. The van der Waals surface area contributed by atoms with Crippen LogP contribution in [-0.4, -0.2) is 23.7 Å². The molecule has 5 nitrogen and oxygen atoms in total. The summed E-state index contributed by atoms with van der Waals surface area (Å²) in [7, 11) is 0. The smallest absolute Gasteiger partial charge is 0.273 e. The van der Waals surface area contributed by atoms with Crippen LogP contribution in [0.3, 0.4) is 0 Å². The summed E-state index contributed by atoms with van der Waals surface area (Å²) < 4.78 is 5.02. The predicted octanol–water partition coefficient (Wildman–Crippen LogP) is 0.875. The van der Waals surface area contributed by atoms with Crippen LogP contribution >= 0.6 is 0 Å². The number of nitrogens with two attached hydrogens (primary N) is 1. The van der Waals surface area contributed by atoms with Gasteiger partial charge in [0.25, 0.3) is 5.91 Å². The van der Waals surface area contributed by atoms with Crippen molar-refractivity contribution in [2.45, 2.75) is 32.7 Å². The normalized spacial score (nSPS) is 12.9. The molecule has 0 aromatic carbocycles. The van der Waals surface area contributed by atoms with Gasteiger partial charge in [-0.1, -0.05) is 19.0 Å². The van der Waals surface area contributed by atoms with Crippen molar-refractivity contribution in [3.8, 4) is 0 Å². The molecule has 0 fully saturated rings. The molecule has 1 aromatic rings. The second kappa shape index (κ2) is 4.93. The minimum absolute atomic E-state index is 0.0586. The highest BCUT2D eigenvalue weighted by atomic mass is 16.5. The van der Waals surface area contributed by atoms with Gasteiger partial charge in [-0.05, 0) is 6.92 Å². The van der Waals surface area contributed by atoms with Gasteiger partial charge in [-0.3, -0.25) is 4.79 Å². The molecular weight excluding hydrogens is 194 g/mol. The average Bonchev–Trinajstić information content (AvgIpc) is 2.66. The minimum Gasteiger partial charge on any atom is -0.360 e. The Morgan fingerprint density at radius 2 is 2.27 bits per heavy atom. The molecule has 1 aromatic heterocycles. The summed E-state index contributed by atoms with van der Waals surface area (Å²) in [4.78, 5) is 11.6. The lowest BCUT2D eigenvalue weighted by molar-refractivity contribution is 0.0932. The largest absolute Gasteiger partial charge is 0.360 e. The molecule has 0 spiro atoms. The SMILES string of the molecule is CC(CN)NC(=O)c1cc(C(C)C)on1. The molecule has 0 saturated heterocycles. The Labute approximate surface area is 89.0 Å². The molecule has 0 aliphatic heterocycles. The van der Waals surface area contributed by atoms with Crippen LogP contribution in [0.25, 0.3) is 0 Å². The van der Waals surface area contributed by atoms with E-state index in [2.05, 4.69) is 10.5 Å². The number of carbonyl (C=O) groups is 1. The summed E-state index contributed by atoms with van der Waals surface area (Å²) in [5.41, 5.74) is 5.70. The van der Waals surface area contributed by atoms with E-state index in [-0.39, 0.29) is 17.9 Å². The Morgan fingerprint density at radius 3 is 2.73 bits per heavy atom. The summed E-state index contributed by atoms with van der Waals surface area (Å²) in [6.07, 6.45) is 0. The van der Waals surface area contributed by atoms with Crippen LogP contribution in [-0.2, 0) is 0 Å². The van der Waals surface area contributed by atoms with Gasteiger partial charge < -0.3 is 15.6 Å². The summed E-state index contributed by atoms with van der Waals surface area (Å²) in [6.45, 7) is 6.19. The molecule has 0 radical (unpaired) electrons. The van der Waals surface area contributed by atoms with E-state index in [0.717, 1.165) is 0 Å². The van der Waals surface area contributed by atoms with Crippen LogP contribution in [0.15, 0.2) is 10.6 Å². The molecule has 1 amide bonds. The van der Waals surface area contributed by atoms with E-state index >= 15 is 0 Å². The van der Waals surface area contributed by atoms with Crippen molar-refractivity contribution in [3.63, 3.8) is 0 Å². The van der Waals surface area contributed by atoms with E-state index in [0.29, 0.717) is 18.0 Å². The molecule has 3 N–H and O–H groups in total. The van der Waals surface area contributed by atoms with Crippen LogP contribution < -0.4 is 11.1 Å². The Kier molecular flexibility index (Phi) is 3.85. The fourth-order valence-corrected chi connectivity index (χ4v) is 1.03. The molecule has 1 unspecified atom stereocenters. The number of nitrogens with zero attached hydrogens (tertiary/aromatic N) is 1. The first-order valence-electron chi connectivity index (χ1n) is 5.02. The van der Waals surface area contributed by atoms with Crippen molar-refractivity contribution < 1.29 is 9.32 Å². The fraction of sp³-hybridized carbons (Fsp3) is 0.600. The van der Waals surface area contributed by atoms with Crippen molar-refractivity contribution in [2.75, 3.05) is 6.54 Å². The third-order valence-electron chi connectivity index (χ3n) is 2.06. The molecule has 0 aliphatic rings. The third-order valence-corrected chi connectivity index (χ3v) is 2.06. The standard InChI is InChI=1S/C10H17N3O2/c1-6(2)9-4-8(13-15-9)10(14)12-7(3)5-11/h4,6-7H,5,11H2,1-3H3,(H,12,14). The van der Waals surface area contributed by atoms with E-state index in [4.69, 9.17) is 10.3 Å². The third kappa shape index (κ3) is 3.06. The monoisotopic (exact) mass is 211 g/mol. The predicted molar refractivity (Wildman–Crippen MR) is 56.6 cm³/mol. The highest BCUT2D eigenvalue weighted by molar-refractivity contribution is 5.92. The summed E-state index contributed by atoms with van der Waals surface area (Å²) in [5.74, 6) is 0.690. The maximum atomic E-state index is 11.6. The van der Waals surface area contributed by atoms with E-state index in [1.54, 1.807) is 6.07 Å². The fourth-order valence-electron chi connectivity index (χ4n) is 1.03. The van der Waals surface area contributed by atoms with Gasteiger partial charge in [0.15, 0.2) is 5.69 Å². The number of aromatic nitrogens is 1. The quantitative estimate of drug-likeness (QED) is 0.774. The Bertz CT molecular complexity index is 333. The molecule has 1 heterocycles. The zero-order valence-corrected chi connectivity index (χ0v) is 9.28. The van der Waals surface area contributed by atoms with E-state index in [1.807, 2.05) is 20.8 Å². The van der Waals surface area contributed by atoms with Gasteiger partial charge in [0.1, 0.15) is 5.76 Å². The first-order valence-corrected chi connectivity index (χ1v) is 5.02. The van der Waals surface area contributed by atoms with Gasteiger partial charge in [0, 0.05) is 24.6 Å². The molecule has 5 heteroatoms. The number of carbonyl (C=O) groups excluding carboxylic acids is 1. The van der Waals surface area contributed by atoms with Gasteiger partial charge >= 0.3 is 0 Å². The minimum atomic E-state index is -0.247. The molecule has 0 saturated carbocycles. The lowest BCUT2D eigenvalue weighted by Gasteiger charge is -2.08. The van der Waals surface area contributed by atoms with Gasteiger partial charge in [0.05, 0.1) is 0 Å². The highest BCUT2D eigenvalue weighted by Crippen LogP contribution is 2.14. The second-order valence-corrected chi connectivity index (χ2v) is 3.88. The van der Waals surface area contributed by atoms with Crippen molar-refractivity contribution in [1.82, 2.24) is 10.5 Å². The van der Waals surface area contributed by atoms with E-state index in [1.165, 1.54) is 0 Å². The molecule has 0 bridgehead atoms. The van der Waals surface area contributed by atoms with Crippen molar-refractivity contribution in [1.29, 1.82) is 0 Å². The maximum absolute atomic E-state index is 11.6. The first kappa shape index (κ1) is 11.7. The van der Waals surface area contributed by atoms with Crippen molar-refractivity contribution >= 4 is 5.91 Å². The van der Waals surface area contributed by atoms with E-state index < -0.39 is 0 Å². The number of hydrogen-bond acceptors (Lipinski definition) is 4. The molecule has 15 heavy (non-hydrogen) atoms. The number of amides is 1. The maximum Gasteiger partial charge on any atom is 0.273 e. The molecule has 1 rings (SSSR count). The summed E-state index contributed by atoms with van der Waals surface area (Å²) >= 11 is 0. The zero-order valence-electron chi connectivity index (χ0n) is 9.28. The topological polar surface area (TPSA) is 81.1 Å². The lowest BCUT2D eigenvalue weighted by Crippen LogP contribution is -2.37. The van der Waals surface area contributed by atoms with E-state index in [9.17, 15) is 4.79 Å². The lowest BCUT2D eigenvalue weighted by atomic mass is 10.1. The molecule has 1 atom stereocenters. The van der Waals surface area contributed by atoms with Crippen LogP contribution in [0, 0.1) is 0 Å². The summed E-state index contributed by atoms with van der Waals surface area (Å²) in [6, 6.07) is 1.60. The number of nitrogens with one attached hydrogen (secondary N) is 1. The Hall–Kier alpha value is -1.36. The van der Waals surface area contributed by atoms with Crippen LogP contribution in [0.1, 0.15) is 42.9 Å². The number of rotatable bonds is 4. The molecular formula is C10H17N3O2. The van der Waals surface area contributed by atoms with Gasteiger partial charge in [0.2, 0.25) is 0 Å². The first-order chi connectivity index (χ1) is 7.04. The van der Waals surface area contributed by atoms with Crippen molar-refractivity contribution in [3.05, 3.63) is 17.5 Å². The average molecular weight is 211 g/mol. The summed E-state index contributed by atoms with van der Waals surface area (Å²) in [5, 5.41) is 6.41. The molecule has 84 valence electrons. The Morgan fingerprint density at radius 1 is 1.60 bits per heavy atom. The Balaban J connectivity index is 2.66. The van der Waals surface area contributed by atoms with Crippen LogP contribution in [0.5, 0.6) is 0 Å². The van der Waals surface area contributed by atoms with Gasteiger partial charge in [-0.15, -0.1) is 0 Å². The zero-order chi connectivity index (χ0) is 11.4. The number of hydrogen-bond donors (Lipinski definition) is 2. The van der Waals surface area contributed by atoms with Crippen molar-refractivity contribution in [2.24, 2.45) is 5.73 Å². The van der Waals surface area contributed by atoms with Crippen LogP contribution in [0.2, 0.25) is 0 Å². The van der Waals surface area contributed by atoms with Crippen LogP contribution in [0.4, 0.5) is 0 Å². The second-order valence-electron chi connectivity index (χ2n) is 3.88.